The molecule has 2 aromatic carbocycles. The molecule has 4 N–H and O–H groups in total. The van der Waals surface area contributed by atoms with Gasteiger partial charge in [-0.3, -0.25) is 9.59 Å². The van der Waals surface area contributed by atoms with Crippen molar-refractivity contribution >= 4 is 34.4 Å². The highest BCUT2D eigenvalue weighted by molar-refractivity contribution is 6.31. The first-order valence-electron chi connectivity index (χ1n) is 11.8. The van der Waals surface area contributed by atoms with Gasteiger partial charge in [0.05, 0.1) is 17.9 Å². The molecule has 1 aromatic heterocycles. The fourth-order valence-electron chi connectivity index (χ4n) is 3.54. The molecule has 0 saturated heterocycles. The number of hydrogen-bond donors (Lipinski definition) is 4. The van der Waals surface area contributed by atoms with E-state index >= 15 is 0 Å². The summed E-state index contributed by atoms with van der Waals surface area (Å²) in [6, 6.07) is 13.6. The first-order valence-corrected chi connectivity index (χ1v) is 11.8. The van der Waals surface area contributed by atoms with Crippen molar-refractivity contribution in [1.29, 1.82) is 0 Å². The Balaban J connectivity index is 0.000000638. The van der Waals surface area contributed by atoms with E-state index in [1.165, 1.54) is 0 Å². The van der Waals surface area contributed by atoms with Gasteiger partial charge in [-0.05, 0) is 29.7 Å². The molecule has 0 unspecified atom stereocenters. The van der Waals surface area contributed by atoms with Gasteiger partial charge < -0.3 is 20.5 Å². The van der Waals surface area contributed by atoms with Gasteiger partial charge in [0, 0.05) is 18.4 Å². The number of aromatic nitrogens is 2. The number of benzene rings is 2. The number of H-pyrrole nitrogens is 1. The quantitative estimate of drug-likeness (QED) is 0.210. The highest BCUT2D eigenvalue weighted by Gasteiger charge is 2.38. The molecule has 9 nitrogen and oxygen atoms in total. The highest BCUT2D eigenvalue weighted by Crippen LogP contribution is 2.26. The average Bonchev–Trinajstić information content (AvgIpc) is 3.37. The molecule has 0 spiro atoms. The Bertz CT molecular complexity index is 1270. The number of amides is 1. The van der Waals surface area contributed by atoms with Gasteiger partial charge in [0.2, 0.25) is 0 Å². The van der Waals surface area contributed by atoms with Crippen LogP contribution in [-0.4, -0.2) is 50.0 Å². The van der Waals surface area contributed by atoms with E-state index in [0.29, 0.717) is 25.1 Å². The normalized spacial score (nSPS) is 11.8. The first kappa shape index (κ1) is 30.0. The van der Waals surface area contributed by atoms with Gasteiger partial charge >= 0.3 is 24.0 Å². The van der Waals surface area contributed by atoms with E-state index in [2.05, 4.69) is 21.4 Å². The summed E-state index contributed by atoms with van der Waals surface area (Å²) in [5.74, 6) is -4.59. The Labute approximate surface area is 216 Å². The van der Waals surface area contributed by atoms with Crippen LogP contribution in [0.25, 0.3) is 22.0 Å². The smallest absolute Gasteiger partial charge is 0.475 e. The zero-order valence-corrected chi connectivity index (χ0v) is 20.5. The number of ketones is 1. The van der Waals surface area contributed by atoms with Crippen LogP contribution < -0.4 is 5.32 Å². The Morgan fingerprint density at radius 3 is 2.26 bits per heavy atom. The van der Waals surface area contributed by atoms with E-state index in [1.807, 2.05) is 43.3 Å². The van der Waals surface area contributed by atoms with Crippen molar-refractivity contribution in [2.45, 2.75) is 57.7 Å². The number of rotatable bonds is 10. The van der Waals surface area contributed by atoms with Crippen LogP contribution in [0.4, 0.5) is 13.2 Å². The summed E-state index contributed by atoms with van der Waals surface area (Å²) < 4.78 is 31.7. The Morgan fingerprint density at radius 1 is 1.00 bits per heavy atom. The molecule has 1 atom stereocenters. The van der Waals surface area contributed by atoms with E-state index in [9.17, 15) is 27.6 Å². The maximum absolute atomic E-state index is 11.8. The van der Waals surface area contributed by atoms with Crippen molar-refractivity contribution in [3.8, 4) is 11.3 Å². The second kappa shape index (κ2) is 13.9. The second-order valence-electron chi connectivity index (χ2n) is 8.37. The summed E-state index contributed by atoms with van der Waals surface area (Å²) in [6.07, 6.45) is 0.587. The highest BCUT2D eigenvalue weighted by atomic mass is 19.4. The number of halogens is 3. The Morgan fingerprint density at radius 2 is 1.66 bits per heavy atom. The minimum Gasteiger partial charge on any atom is -0.475 e. The molecule has 0 aliphatic rings. The van der Waals surface area contributed by atoms with Crippen LogP contribution in [0.3, 0.4) is 0 Å². The zero-order valence-electron chi connectivity index (χ0n) is 20.5. The standard InChI is InChI=1S/C24H27N3O4.C2HF3O2/c1-2-19(28)10-4-3-5-11-20(27-23(29)24(30)31)22-25-15-21(26-22)18-13-12-16-8-6-7-9-17(16)14-18;3-2(4,5)1(6)7/h6-9,12-15,20H,2-5,10-11H2,1H3,(H,25,26)(H,27,29)(H,30,31);(H,6,7)/t20-;/m0./s1. The van der Waals surface area contributed by atoms with E-state index in [1.54, 1.807) is 6.20 Å². The van der Waals surface area contributed by atoms with Crippen molar-refractivity contribution in [3.05, 3.63) is 54.5 Å². The molecular formula is C26H28F3N3O6. The number of aliphatic carboxylic acids is 2. The van der Waals surface area contributed by atoms with Crippen LogP contribution in [0.5, 0.6) is 0 Å². The van der Waals surface area contributed by atoms with Gasteiger partial charge in [-0.25, -0.2) is 14.6 Å². The number of imidazole rings is 1. The molecule has 1 amide bonds. The topological polar surface area (TPSA) is 149 Å². The van der Waals surface area contributed by atoms with Crippen LogP contribution in [0.1, 0.15) is 57.3 Å². The van der Waals surface area contributed by atoms with E-state index in [0.717, 1.165) is 41.3 Å². The molecule has 1 heterocycles. The zero-order chi connectivity index (χ0) is 28.3. The molecule has 0 aliphatic carbocycles. The van der Waals surface area contributed by atoms with Gasteiger partial charge in [-0.2, -0.15) is 13.2 Å². The molecule has 0 radical (unpaired) electrons. The number of fused-ring (bicyclic) bond motifs is 1. The monoisotopic (exact) mass is 535 g/mol. The summed E-state index contributed by atoms with van der Waals surface area (Å²) in [5.41, 5.74) is 1.75. The number of nitrogens with one attached hydrogen (secondary N) is 2. The van der Waals surface area contributed by atoms with Crippen molar-refractivity contribution in [3.63, 3.8) is 0 Å². The van der Waals surface area contributed by atoms with E-state index in [-0.39, 0.29) is 5.78 Å². The molecule has 0 bridgehead atoms. The number of unbranched alkanes of at least 4 members (excludes halogenated alkanes) is 2. The number of hydrogen-bond acceptors (Lipinski definition) is 5. The number of nitrogens with zero attached hydrogens (tertiary/aromatic N) is 1. The largest absolute Gasteiger partial charge is 0.490 e. The lowest BCUT2D eigenvalue weighted by molar-refractivity contribution is -0.192. The summed E-state index contributed by atoms with van der Waals surface area (Å²) >= 11 is 0. The Kier molecular flexibility index (Phi) is 11.0. The number of carbonyl (C=O) groups excluding carboxylic acids is 2. The first-order chi connectivity index (χ1) is 17.9. The van der Waals surface area contributed by atoms with Crippen molar-refractivity contribution in [2.75, 3.05) is 0 Å². The molecule has 204 valence electrons. The van der Waals surface area contributed by atoms with Crippen LogP contribution >= 0.6 is 0 Å². The van der Waals surface area contributed by atoms with Gasteiger partial charge in [0.1, 0.15) is 11.6 Å². The SMILES string of the molecule is CCC(=O)CCCCC[C@H](NC(=O)C(=O)O)c1ncc(-c2ccc3ccccc3c2)[nH]1.O=C(O)C(F)(F)F. The van der Waals surface area contributed by atoms with Crippen LogP contribution in [-0.2, 0) is 19.2 Å². The third kappa shape index (κ3) is 9.34. The lowest BCUT2D eigenvalue weighted by Crippen LogP contribution is -2.34. The van der Waals surface area contributed by atoms with E-state index < -0.39 is 30.1 Å². The predicted octanol–water partition coefficient (Wildman–Crippen LogP) is 5.03. The minimum absolute atomic E-state index is 0.238. The molecule has 12 heteroatoms. The Hall–Kier alpha value is -4.22. The van der Waals surface area contributed by atoms with E-state index in [4.69, 9.17) is 15.0 Å². The number of carbonyl (C=O) groups is 4. The lowest BCUT2D eigenvalue weighted by Gasteiger charge is -2.15. The third-order valence-corrected chi connectivity index (χ3v) is 5.57. The van der Waals surface area contributed by atoms with Crippen molar-refractivity contribution in [1.82, 2.24) is 15.3 Å². The molecular weight excluding hydrogens is 507 g/mol. The molecule has 0 saturated carbocycles. The van der Waals surface area contributed by atoms with Gasteiger partial charge in [0.15, 0.2) is 0 Å². The summed E-state index contributed by atoms with van der Waals surface area (Å²) in [4.78, 5) is 50.8. The van der Waals surface area contributed by atoms with Crippen molar-refractivity contribution < 1.29 is 42.6 Å². The number of aromatic amines is 1. The van der Waals surface area contributed by atoms with Crippen LogP contribution in [0.2, 0.25) is 0 Å². The fourth-order valence-corrected chi connectivity index (χ4v) is 3.54. The lowest BCUT2D eigenvalue weighted by atomic mass is 10.0. The van der Waals surface area contributed by atoms with Gasteiger partial charge in [0.25, 0.3) is 0 Å². The van der Waals surface area contributed by atoms with Gasteiger partial charge in [-0.15, -0.1) is 0 Å². The molecule has 38 heavy (non-hydrogen) atoms. The van der Waals surface area contributed by atoms with Crippen LogP contribution in [0.15, 0.2) is 48.7 Å². The number of Topliss-reactive ketones (excluding diaryl/α,β-unsaturated/α-hetero) is 1. The number of carboxylic acid groups (broad SMARTS) is 2. The summed E-state index contributed by atoms with van der Waals surface area (Å²) in [5, 5.41) is 20.9. The maximum Gasteiger partial charge on any atom is 0.490 e. The molecule has 3 aromatic rings. The minimum atomic E-state index is -5.08. The molecule has 0 fully saturated rings. The average molecular weight is 536 g/mol. The molecule has 3 rings (SSSR count). The number of carboxylic acids is 2. The fraction of sp³-hybridized carbons (Fsp3) is 0.346. The summed E-state index contributed by atoms with van der Waals surface area (Å²) in [6.45, 7) is 1.85. The predicted molar refractivity (Wildman–Crippen MR) is 132 cm³/mol. The van der Waals surface area contributed by atoms with Gasteiger partial charge in [-0.1, -0.05) is 56.2 Å². The molecule has 0 aliphatic heterocycles. The van der Waals surface area contributed by atoms with Crippen molar-refractivity contribution in [2.24, 2.45) is 0 Å². The summed E-state index contributed by atoms with van der Waals surface area (Å²) in [7, 11) is 0. The third-order valence-electron chi connectivity index (χ3n) is 5.57. The maximum atomic E-state index is 11.8. The number of alkyl halides is 3. The van der Waals surface area contributed by atoms with Crippen LogP contribution in [0, 0.1) is 0 Å². The second-order valence-corrected chi connectivity index (χ2v) is 8.37.